The van der Waals surface area contributed by atoms with Crippen molar-refractivity contribution in [3.05, 3.63) is 54.5 Å². The van der Waals surface area contributed by atoms with E-state index < -0.39 is 0 Å². The van der Waals surface area contributed by atoms with Gasteiger partial charge in [0.1, 0.15) is 5.82 Å². The minimum absolute atomic E-state index is 0.134. The molecule has 0 aliphatic heterocycles. The molecule has 0 atom stereocenters. The predicted octanol–water partition coefficient (Wildman–Crippen LogP) is 3.39. The van der Waals surface area contributed by atoms with E-state index >= 15 is 0 Å². The van der Waals surface area contributed by atoms with Crippen LogP contribution in [0.2, 0.25) is 0 Å². The normalized spacial score (nSPS) is 10.6. The van der Waals surface area contributed by atoms with Crippen molar-refractivity contribution in [1.82, 2.24) is 9.97 Å². The summed E-state index contributed by atoms with van der Waals surface area (Å²) in [4.78, 5) is 19.9. The van der Waals surface area contributed by atoms with Gasteiger partial charge in [-0.15, -0.1) is 0 Å². The molecule has 0 saturated heterocycles. The molecule has 5 heteroatoms. The number of halogens is 1. The van der Waals surface area contributed by atoms with Crippen LogP contribution in [0.1, 0.15) is 6.92 Å². The van der Waals surface area contributed by atoms with Gasteiger partial charge in [-0.3, -0.25) is 9.78 Å². The van der Waals surface area contributed by atoms with Gasteiger partial charge < -0.3 is 5.32 Å². The zero-order valence-electron chi connectivity index (χ0n) is 11.3. The number of benzene rings is 2. The highest BCUT2D eigenvalue weighted by Crippen LogP contribution is 2.21. The van der Waals surface area contributed by atoms with Gasteiger partial charge in [-0.2, -0.15) is 0 Å². The van der Waals surface area contributed by atoms with Crippen LogP contribution in [0.5, 0.6) is 0 Å². The van der Waals surface area contributed by atoms with Gasteiger partial charge in [0.15, 0.2) is 0 Å². The number of aromatic nitrogens is 2. The number of hydrogen-bond donors (Lipinski definition) is 1. The summed E-state index contributed by atoms with van der Waals surface area (Å²) in [5.41, 5.74) is 3.56. The molecule has 0 bridgehead atoms. The Labute approximate surface area is 120 Å². The molecule has 4 nitrogen and oxygen atoms in total. The third-order valence-electron chi connectivity index (χ3n) is 3.00. The fourth-order valence-electron chi connectivity index (χ4n) is 2.05. The Morgan fingerprint density at radius 3 is 2.57 bits per heavy atom. The average molecular weight is 281 g/mol. The van der Waals surface area contributed by atoms with Crippen molar-refractivity contribution < 1.29 is 9.18 Å². The molecule has 3 aromatic rings. The fourth-order valence-corrected chi connectivity index (χ4v) is 2.05. The molecule has 0 aliphatic rings. The number of carbonyl (C=O) groups is 1. The van der Waals surface area contributed by atoms with Crippen LogP contribution >= 0.6 is 0 Å². The van der Waals surface area contributed by atoms with E-state index in [1.54, 1.807) is 36.5 Å². The van der Waals surface area contributed by atoms with Crippen molar-refractivity contribution in [2.45, 2.75) is 6.92 Å². The summed E-state index contributed by atoms with van der Waals surface area (Å²) in [5.74, 6) is -0.419. The van der Waals surface area contributed by atoms with Gasteiger partial charge in [0, 0.05) is 18.2 Å². The number of hydrogen-bond acceptors (Lipinski definition) is 3. The van der Waals surface area contributed by atoms with Gasteiger partial charge in [0.25, 0.3) is 0 Å². The summed E-state index contributed by atoms with van der Waals surface area (Å²) in [5, 5.41) is 2.70. The standard InChI is InChI=1S/C16H12FN3O/c1-10(21)19-13-6-7-14-15(8-13)18-9-16(20-14)11-2-4-12(17)5-3-11/h2-9H,1H3,(H,19,21). The topological polar surface area (TPSA) is 54.9 Å². The lowest BCUT2D eigenvalue weighted by atomic mass is 10.1. The average Bonchev–Trinajstić information content (AvgIpc) is 2.47. The number of carbonyl (C=O) groups excluding carboxylic acids is 1. The second-order valence-electron chi connectivity index (χ2n) is 4.65. The maximum absolute atomic E-state index is 12.9. The van der Waals surface area contributed by atoms with Crippen molar-refractivity contribution >= 4 is 22.6 Å². The van der Waals surface area contributed by atoms with Crippen LogP contribution in [0.3, 0.4) is 0 Å². The minimum atomic E-state index is -0.285. The molecular formula is C16H12FN3O. The summed E-state index contributed by atoms with van der Waals surface area (Å²) in [6.07, 6.45) is 1.63. The quantitative estimate of drug-likeness (QED) is 0.783. The van der Waals surface area contributed by atoms with Gasteiger partial charge in [-0.05, 0) is 42.5 Å². The Bertz CT molecular complexity index is 815. The summed E-state index contributed by atoms with van der Waals surface area (Å²) >= 11 is 0. The van der Waals surface area contributed by atoms with Gasteiger partial charge in [-0.25, -0.2) is 9.37 Å². The SMILES string of the molecule is CC(=O)Nc1ccc2nc(-c3ccc(F)cc3)cnc2c1. The summed E-state index contributed by atoms with van der Waals surface area (Å²) in [7, 11) is 0. The lowest BCUT2D eigenvalue weighted by Gasteiger charge is -2.05. The second-order valence-corrected chi connectivity index (χ2v) is 4.65. The lowest BCUT2D eigenvalue weighted by Crippen LogP contribution is -2.05. The molecular weight excluding hydrogens is 269 g/mol. The van der Waals surface area contributed by atoms with Crippen molar-refractivity contribution in [3.8, 4) is 11.3 Å². The van der Waals surface area contributed by atoms with Crippen molar-refractivity contribution in [1.29, 1.82) is 0 Å². The highest BCUT2D eigenvalue weighted by atomic mass is 19.1. The Kier molecular flexibility index (Phi) is 3.31. The predicted molar refractivity (Wildman–Crippen MR) is 79.2 cm³/mol. The van der Waals surface area contributed by atoms with E-state index in [1.165, 1.54) is 19.1 Å². The molecule has 1 heterocycles. The zero-order chi connectivity index (χ0) is 14.8. The number of anilines is 1. The van der Waals surface area contributed by atoms with Crippen molar-refractivity contribution in [2.75, 3.05) is 5.32 Å². The molecule has 0 spiro atoms. The number of nitrogens with one attached hydrogen (secondary N) is 1. The fraction of sp³-hybridized carbons (Fsp3) is 0.0625. The molecule has 0 radical (unpaired) electrons. The molecule has 1 amide bonds. The molecule has 1 N–H and O–H groups in total. The van der Waals surface area contributed by atoms with Crippen LogP contribution in [0.15, 0.2) is 48.7 Å². The summed E-state index contributed by atoms with van der Waals surface area (Å²) in [6, 6.07) is 11.4. The zero-order valence-corrected chi connectivity index (χ0v) is 11.3. The number of nitrogens with zero attached hydrogens (tertiary/aromatic N) is 2. The smallest absolute Gasteiger partial charge is 0.221 e. The van der Waals surface area contributed by atoms with E-state index in [0.717, 1.165) is 5.56 Å². The molecule has 21 heavy (non-hydrogen) atoms. The first-order valence-electron chi connectivity index (χ1n) is 6.42. The molecule has 0 fully saturated rings. The van der Waals surface area contributed by atoms with Crippen LogP contribution in [0.4, 0.5) is 10.1 Å². The van der Waals surface area contributed by atoms with Crippen LogP contribution < -0.4 is 5.32 Å². The van der Waals surface area contributed by atoms with Crippen LogP contribution in [0, 0.1) is 5.82 Å². The number of amides is 1. The van der Waals surface area contributed by atoms with Crippen LogP contribution in [-0.2, 0) is 4.79 Å². The summed E-state index contributed by atoms with van der Waals surface area (Å²) in [6.45, 7) is 1.45. The minimum Gasteiger partial charge on any atom is -0.326 e. The van der Waals surface area contributed by atoms with Gasteiger partial charge >= 0.3 is 0 Å². The highest BCUT2D eigenvalue weighted by Gasteiger charge is 2.04. The van der Waals surface area contributed by atoms with Gasteiger partial charge in [0.2, 0.25) is 5.91 Å². The van der Waals surface area contributed by atoms with E-state index in [4.69, 9.17) is 0 Å². The monoisotopic (exact) mass is 281 g/mol. The molecule has 0 saturated carbocycles. The third-order valence-corrected chi connectivity index (χ3v) is 3.00. The van der Waals surface area contributed by atoms with Crippen molar-refractivity contribution in [3.63, 3.8) is 0 Å². The van der Waals surface area contributed by atoms with Crippen molar-refractivity contribution in [2.24, 2.45) is 0 Å². The molecule has 0 aliphatic carbocycles. The molecule has 3 rings (SSSR count). The maximum atomic E-state index is 12.9. The first kappa shape index (κ1) is 13.2. The largest absolute Gasteiger partial charge is 0.326 e. The Morgan fingerprint density at radius 1 is 1.10 bits per heavy atom. The molecule has 0 unspecified atom stereocenters. The van der Waals surface area contributed by atoms with E-state index in [1.807, 2.05) is 0 Å². The van der Waals surface area contributed by atoms with Gasteiger partial charge in [-0.1, -0.05) is 0 Å². The molecule has 1 aromatic heterocycles. The first-order valence-corrected chi connectivity index (χ1v) is 6.42. The number of fused-ring (bicyclic) bond motifs is 1. The summed E-state index contributed by atoms with van der Waals surface area (Å²) < 4.78 is 12.9. The number of rotatable bonds is 2. The lowest BCUT2D eigenvalue weighted by molar-refractivity contribution is -0.114. The Hall–Kier alpha value is -2.82. The Morgan fingerprint density at radius 2 is 1.86 bits per heavy atom. The van der Waals surface area contributed by atoms with E-state index in [9.17, 15) is 9.18 Å². The first-order chi connectivity index (χ1) is 10.1. The van der Waals surface area contributed by atoms with Gasteiger partial charge in [0.05, 0.1) is 22.9 Å². The second kappa shape index (κ2) is 5.28. The maximum Gasteiger partial charge on any atom is 0.221 e. The van der Waals surface area contributed by atoms with E-state index in [0.29, 0.717) is 22.4 Å². The van der Waals surface area contributed by atoms with Crippen LogP contribution in [0.25, 0.3) is 22.3 Å². The molecule has 2 aromatic carbocycles. The third kappa shape index (κ3) is 2.86. The van der Waals surface area contributed by atoms with E-state index in [-0.39, 0.29) is 11.7 Å². The van der Waals surface area contributed by atoms with Crippen LogP contribution in [-0.4, -0.2) is 15.9 Å². The molecule has 104 valence electrons. The Balaban J connectivity index is 2.00. The van der Waals surface area contributed by atoms with E-state index in [2.05, 4.69) is 15.3 Å². The highest BCUT2D eigenvalue weighted by molar-refractivity contribution is 5.91.